The van der Waals surface area contributed by atoms with Crippen LogP contribution in [0, 0.1) is 0 Å². The van der Waals surface area contributed by atoms with Crippen molar-refractivity contribution in [2.24, 2.45) is 0 Å². The van der Waals surface area contributed by atoms with Crippen molar-refractivity contribution in [3.63, 3.8) is 0 Å². The topological polar surface area (TPSA) is 37.4 Å². The minimum Gasteiger partial charge on any atom is -0.474 e. The number of hydrogen-bond donors (Lipinski definition) is 1. The van der Waals surface area contributed by atoms with Crippen molar-refractivity contribution in [3.05, 3.63) is 42.6 Å². The number of pyridine rings is 1. The minimum atomic E-state index is 0.278. The van der Waals surface area contributed by atoms with Crippen molar-refractivity contribution >= 4 is 5.69 Å². The van der Waals surface area contributed by atoms with E-state index in [1.54, 1.807) is 0 Å². The Bertz CT molecular complexity index is 604. The van der Waals surface area contributed by atoms with Gasteiger partial charge in [-0.15, -0.1) is 0 Å². The lowest BCUT2D eigenvalue weighted by Gasteiger charge is -2.23. The monoisotopic (exact) mass is 297 g/mol. The summed E-state index contributed by atoms with van der Waals surface area (Å²) < 4.78 is 6.02. The van der Waals surface area contributed by atoms with Crippen LogP contribution in [0.4, 0.5) is 5.69 Å². The first-order valence-corrected chi connectivity index (χ1v) is 7.83. The molecular formula is C18H23N3O. The number of nitrogens with zero attached hydrogens (tertiary/aromatic N) is 2. The molecule has 0 atom stereocenters. The summed E-state index contributed by atoms with van der Waals surface area (Å²) in [5.41, 5.74) is 3.52. The van der Waals surface area contributed by atoms with Crippen molar-refractivity contribution in [2.45, 2.75) is 18.9 Å². The molecule has 1 aliphatic rings. The first kappa shape index (κ1) is 14.9. The van der Waals surface area contributed by atoms with Gasteiger partial charge in [0.15, 0.2) is 0 Å². The van der Waals surface area contributed by atoms with Crippen LogP contribution in [0.1, 0.15) is 12.8 Å². The highest BCUT2D eigenvalue weighted by atomic mass is 16.5. The molecule has 1 N–H and O–H groups in total. The quantitative estimate of drug-likeness (QED) is 0.941. The molecule has 22 heavy (non-hydrogen) atoms. The molecular weight excluding hydrogens is 274 g/mol. The van der Waals surface area contributed by atoms with Gasteiger partial charge in [0.25, 0.3) is 0 Å². The predicted molar refractivity (Wildman–Crippen MR) is 90.5 cm³/mol. The second kappa shape index (κ2) is 6.79. The number of benzene rings is 1. The second-order valence-corrected chi connectivity index (χ2v) is 5.89. The van der Waals surface area contributed by atoms with Crippen LogP contribution in [0.2, 0.25) is 0 Å². The van der Waals surface area contributed by atoms with Gasteiger partial charge < -0.3 is 15.0 Å². The van der Waals surface area contributed by atoms with Crippen molar-refractivity contribution < 1.29 is 4.74 Å². The van der Waals surface area contributed by atoms with E-state index in [1.807, 2.05) is 32.4 Å². The molecule has 0 unspecified atom stereocenters. The molecule has 1 saturated heterocycles. The predicted octanol–water partition coefficient (Wildman–Crippen LogP) is 2.95. The fourth-order valence-electron chi connectivity index (χ4n) is 2.69. The van der Waals surface area contributed by atoms with E-state index in [4.69, 9.17) is 4.74 Å². The second-order valence-electron chi connectivity index (χ2n) is 5.89. The number of aromatic nitrogens is 1. The Hall–Kier alpha value is -2.07. The molecule has 3 rings (SSSR count). The van der Waals surface area contributed by atoms with Crippen LogP contribution in [0.15, 0.2) is 42.6 Å². The molecule has 4 heteroatoms. The summed E-state index contributed by atoms with van der Waals surface area (Å²) in [5.74, 6) is 0.723. The maximum Gasteiger partial charge on any atom is 0.214 e. The van der Waals surface area contributed by atoms with Crippen molar-refractivity contribution in [1.82, 2.24) is 10.3 Å². The smallest absolute Gasteiger partial charge is 0.214 e. The fourth-order valence-corrected chi connectivity index (χ4v) is 2.69. The summed E-state index contributed by atoms with van der Waals surface area (Å²) >= 11 is 0. The van der Waals surface area contributed by atoms with Crippen LogP contribution in [0.5, 0.6) is 5.88 Å². The average molecular weight is 297 g/mol. The lowest BCUT2D eigenvalue weighted by molar-refractivity contribution is 0.156. The standard InChI is InChI=1S/C18H23N3O/c1-21(2)16-5-3-14(4-6-16)15-7-12-20-18(13-15)22-17-8-10-19-11-9-17/h3-7,12-13,17,19H,8-11H2,1-2H3. The molecule has 4 nitrogen and oxygen atoms in total. The normalized spacial score (nSPS) is 15.5. The summed E-state index contributed by atoms with van der Waals surface area (Å²) in [6, 6.07) is 12.6. The summed E-state index contributed by atoms with van der Waals surface area (Å²) in [5, 5.41) is 3.35. The largest absolute Gasteiger partial charge is 0.474 e. The van der Waals surface area contributed by atoms with E-state index >= 15 is 0 Å². The third-order valence-electron chi connectivity index (χ3n) is 4.03. The number of ether oxygens (including phenoxy) is 1. The van der Waals surface area contributed by atoms with Crippen molar-refractivity contribution in [2.75, 3.05) is 32.1 Å². The molecule has 0 radical (unpaired) electrons. The van der Waals surface area contributed by atoms with Gasteiger partial charge in [0.1, 0.15) is 6.10 Å². The molecule has 0 bridgehead atoms. The number of rotatable bonds is 4. The average Bonchev–Trinajstić information content (AvgIpc) is 2.56. The number of nitrogens with one attached hydrogen (secondary N) is 1. The molecule has 0 aliphatic carbocycles. The van der Waals surface area contributed by atoms with Crippen LogP contribution in [-0.4, -0.2) is 38.3 Å². The van der Waals surface area contributed by atoms with Gasteiger partial charge in [-0.3, -0.25) is 0 Å². The van der Waals surface area contributed by atoms with Crippen LogP contribution < -0.4 is 15.0 Å². The zero-order chi connectivity index (χ0) is 15.4. The summed E-state index contributed by atoms with van der Waals surface area (Å²) in [6.07, 6.45) is 4.19. The third kappa shape index (κ3) is 3.57. The molecule has 0 spiro atoms. The third-order valence-corrected chi connectivity index (χ3v) is 4.03. The van der Waals surface area contributed by atoms with Gasteiger partial charge in [0.2, 0.25) is 5.88 Å². The highest BCUT2D eigenvalue weighted by Gasteiger charge is 2.15. The number of anilines is 1. The Morgan fingerprint density at radius 2 is 1.77 bits per heavy atom. The van der Waals surface area contributed by atoms with E-state index in [-0.39, 0.29) is 6.10 Å². The Morgan fingerprint density at radius 1 is 1.05 bits per heavy atom. The summed E-state index contributed by atoms with van der Waals surface area (Å²) in [4.78, 5) is 6.45. The van der Waals surface area contributed by atoms with Gasteiger partial charge in [0.05, 0.1) is 0 Å². The SMILES string of the molecule is CN(C)c1ccc(-c2ccnc(OC3CCNCC3)c2)cc1. The first-order chi connectivity index (χ1) is 10.7. The zero-order valence-electron chi connectivity index (χ0n) is 13.2. The maximum absolute atomic E-state index is 6.02. The van der Waals surface area contributed by atoms with E-state index in [2.05, 4.69) is 39.5 Å². The van der Waals surface area contributed by atoms with Gasteiger partial charge >= 0.3 is 0 Å². The molecule has 1 fully saturated rings. The number of hydrogen-bond acceptors (Lipinski definition) is 4. The van der Waals surface area contributed by atoms with E-state index in [0.717, 1.165) is 37.4 Å². The van der Waals surface area contributed by atoms with E-state index in [9.17, 15) is 0 Å². The highest BCUT2D eigenvalue weighted by Crippen LogP contribution is 2.25. The molecule has 2 heterocycles. The van der Waals surface area contributed by atoms with Crippen molar-refractivity contribution in [1.29, 1.82) is 0 Å². The molecule has 0 amide bonds. The van der Waals surface area contributed by atoms with Crippen LogP contribution in [0.3, 0.4) is 0 Å². The molecule has 2 aromatic rings. The van der Waals surface area contributed by atoms with Gasteiger partial charge in [0, 0.05) is 32.0 Å². The van der Waals surface area contributed by atoms with E-state index in [1.165, 1.54) is 11.3 Å². The summed E-state index contributed by atoms with van der Waals surface area (Å²) in [6.45, 7) is 2.05. The lowest BCUT2D eigenvalue weighted by Crippen LogP contribution is -2.34. The minimum absolute atomic E-state index is 0.278. The highest BCUT2D eigenvalue weighted by molar-refractivity contribution is 5.66. The first-order valence-electron chi connectivity index (χ1n) is 7.83. The summed E-state index contributed by atoms with van der Waals surface area (Å²) in [7, 11) is 4.10. The Morgan fingerprint density at radius 3 is 2.45 bits per heavy atom. The molecule has 116 valence electrons. The Labute approximate surface area is 132 Å². The maximum atomic E-state index is 6.02. The Kier molecular flexibility index (Phi) is 4.59. The Balaban J connectivity index is 1.75. The molecule has 0 saturated carbocycles. The van der Waals surface area contributed by atoms with Crippen molar-refractivity contribution in [3.8, 4) is 17.0 Å². The fraction of sp³-hybridized carbons (Fsp3) is 0.389. The van der Waals surface area contributed by atoms with Crippen LogP contribution >= 0.6 is 0 Å². The van der Waals surface area contributed by atoms with Crippen LogP contribution in [-0.2, 0) is 0 Å². The van der Waals surface area contributed by atoms with Gasteiger partial charge in [-0.25, -0.2) is 4.98 Å². The lowest BCUT2D eigenvalue weighted by atomic mass is 10.1. The van der Waals surface area contributed by atoms with Gasteiger partial charge in [-0.1, -0.05) is 12.1 Å². The zero-order valence-corrected chi connectivity index (χ0v) is 13.2. The molecule has 1 aliphatic heterocycles. The van der Waals surface area contributed by atoms with E-state index < -0.39 is 0 Å². The van der Waals surface area contributed by atoms with Gasteiger partial charge in [-0.2, -0.15) is 0 Å². The number of piperidine rings is 1. The van der Waals surface area contributed by atoms with Gasteiger partial charge in [-0.05, 0) is 55.3 Å². The molecule has 1 aromatic carbocycles. The van der Waals surface area contributed by atoms with Crippen LogP contribution in [0.25, 0.3) is 11.1 Å². The van der Waals surface area contributed by atoms with E-state index in [0.29, 0.717) is 0 Å². The molecule has 1 aromatic heterocycles.